The van der Waals surface area contributed by atoms with Crippen molar-refractivity contribution >= 4 is 28.9 Å². The molecule has 0 bridgehead atoms. The van der Waals surface area contributed by atoms with E-state index >= 15 is 0 Å². The maximum absolute atomic E-state index is 12.2. The van der Waals surface area contributed by atoms with Crippen molar-refractivity contribution in [2.75, 3.05) is 30.9 Å². The molecule has 2 rings (SSSR count). The van der Waals surface area contributed by atoms with Crippen LogP contribution in [0.1, 0.15) is 11.1 Å². The Morgan fingerprint density at radius 3 is 2.43 bits per heavy atom. The van der Waals surface area contributed by atoms with Gasteiger partial charge in [-0.15, -0.1) is 0 Å². The zero-order chi connectivity index (χ0) is 17.0. The third-order valence-corrected chi connectivity index (χ3v) is 3.71. The van der Waals surface area contributed by atoms with Gasteiger partial charge in [0.25, 0.3) is 5.91 Å². The van der Waals surface area contributed by atoms with Crippen LogP contribution in [-0.4, -0.2) is 26.6 Å². The Morgan fingerprint density at radius 2 is 1.83 bits per heavy atom. The number of nitrogens with one attached hydrogen (secondary N) is 1. The lowest BCUT2D eigenvalue weighted by molar-refractivity contribution is -0.118. The summed E-state index contributed by atoms with van der Waals surface area (Å²) in [6.45, 7) is 3.87. The van der Waals surface area contributed by atoms with Gasteiger partial charge in [-0.2, -0.15) is 0 Å². The smallest absolute Gasteiger partial charge is 0.262 e. The molecule has 0 fully saturated rings. The highest BCUT2D eigenvalue weighted by molar-refractivity contribution is 6.31. The minimum absolute atomic E-state index is 0.0505. The maximum atomic E-state index is 12.2. The van der Waals surface area contributed by atoms with Crippen LogP contribution in [0.3, 0.4) is 0 Å². The molecule has 0 aliphatic heterocycles. The molecule has 0 aromatic heterocycles. The topological polar surface area (TPSA) is 41.6 Å². The third-order valence-electron chi connectivity index (χ3n) is 3.47. The Kier molecular flexibility index (Phi) is 5.50. The van der Waals surface area contributed by atoms with Crippen molar-refractivity contribution < 1.29 is 9.53 Å². The molecule has 0 aliphatic rings. The Balaban J connectivity index is 2.07. The highest BCUT2D eigenvalue weighted by Gasteiger charge is 2.11. The van der Waals surface area contributed by atoms with Crippen LogP contribution < -0.4 is 15.0 Å². The quantitative estimate of drug-likeness (QED) is 0.898. The highest BCUT2D eigenvalue weighted by atomic mass is 35.5. The standard InChI is InChI=1S/C18H21ClN2O2/c1-12-6-5-7-13(2)18(12)23-11-17(22)20-15-10-14(19)8-9-16(15)21(3)4/h5-10H,11H2,1-4H3,(H,20,22). The monoisotopic (exact) mass is 332 g/mol. The van der Waals surface area contributed by atoms with Crippen LogP contribution in [0.5, 0.6) is 5.75 Å². The molecule has 1 amide bonds. The van der Waals surface area contributed by atoms with Crippen molar-refractivity contribution in [1.29, 1.82) is 0 Å². The summed E-state index contributed by atoms with van der Waals surface area (Å²) >= 11 is 6.02. The minimum Gasteiger partial charge on any atom is -0.483 e. The van der Waals surface area contributed by atoms with Crippen LogP contribution in [0.2, 0.25) is 5.02 Å². The Morgan fingerprint density at radius 1 is 1.17 bits per heavy atom. The van der Waals surface area contributed by atoms with E-state index in [1.807, 2.05) is 57.1 Å². The fourth-order valence-electron chi connectivity index (χ4n) is 2.35. The molecule has 23 heavy (non-hydrogen) atoms. The molecule has 0 saturated heterocycles. The van der Waals surface area contributed by atoms with Crippen LogP contribution in [0, 0.1) is 13.8 Å². The molecule has 0 saturated carbocycles. The average molecular weight is 333 g/mol. The van der Waals surface area contributed by atoms with Gasteiger partial charge in [0.1, 0.15) is 5.75 Å². The third kappa shape index (κ3) is 4.39. The minimum atomic E-state index is -0.224. The van der Waals surface area contributed by atoms with E-state index in [9.17, 15) is 4.79 Å². The summed E-state index contributed by atoms with van der Waals surface area (Å²) < 4.78 is 5.67. The van der Waals surface area contributed by atoms with E-state index in [2.05, 4.69) is 5.32 Å². The number of hydrogen-bond acceptors (Lipinski definition) is 3. The second kappa shape index (κ2) is 7.38. The number of amides is 1. The summed E-state index contributed by atoms with van der Waals surface area (Å²) in [7, 11) is 3.82. The molecule has 5 heteroatoms. The van der Waals surface area contributed by atoms with E-state index in [1.165, 1.54) is 0 Å². The number of aryl methyl sites for hydroxylation is 2. The number of para-hydroxylation sites is 1. The van der Waals surface area contributed by atoms with Crippen molar-refractivity contribution in [2.24, 2.45) is 0 Å². The normalized spacial score (nSPS) is 10.3. The van der Waals surface area contributed by atoms with E-state index in [4.69, 9.17) is 16.3 Å². The zero-order valence-electron chi connectivity index (χ0n) is 13.8. The molecule has 2 aromatic rings. The zero-order valence-corrected chi connectivity index (χ0v) is 14.6. The summed E-state index contributed by atoms with van der Waals surface area (Å²) in [4.78, 5) is 14.1. The van der Waals surface area contributed by atoms with Gasteiger partial charge in [0, 0.05) is 19.1 Å². The molecule has 0 spiro atoms. The maximum Gasteiger partial charge on any atom is 0.262 e. The molecule has 0 radical (unpaired) electrons. The van der Waals surface area contributed by atoms with Gasteiger partial charge in [-0.1, -0.05) is 29.8 Å². The number of halogens is 1. The second-order valence-corrected chi connectivity index (χ2v) is 6.05. The van der Waals surface area contributed by atoms with Crippen LogP contribution in [0.4, 0.5) is 11.4 Å². The molecule has 0 unspecified atom stereocenters. The Labute approximate surface area is 142 Å². The Bertz CT molecular complexity index is 694. The number of anilines is 2. The van der Waals surface area contributed by atoms with Crippen LogP contribution in [-0.2, 0) is 4.79 Å². The van der Waals surface area contributed by atoms with Crippen molar-refractivity contribution in [3.05, 3.63) is 52.5 Å². The molecule has 122 valence electrons. The highest BCUT2D eigenvalue weighted by Crippen LogP contribution is 2.28. The molecule has 4 nitrogen and oxygen atoms in total. The van der Waals surface area contributed by atoms with E-state index in [1.54, 1.807) is 12.1 Å². The van der Waals surface area contributed by atoms with Gasteiger partial charge in [-0.05, 0) is 43.2 Å². The van der Waals surface area contributed by atoms with Crippen LogP contribution >= 0.6 is 11.6 Å². The molecular formula is C18H21ClN2O2. The fourth-order valence-corrected chi connectivity index (χ4v) is 2.52. The van der Waals surface area contributed by atoms with Gasteiger partial charge in [-0.25, -0.2) is 0 Å². The van der Waals surface area contributed by atoms with Crippen LogP contribution in [0.25, 0.3) is 0 Å². The fraction of sp³-hybridized carbons (Fsp3) is 0.278. The van der Waals surface area contributed by atoms with E-state index in [-0.39, 0.29) is 12.5 Å². The molecule has 0 heterocycles. The van der Waals surface area contributed by atoms with Crippen molar-refractivity contribution in [3.63, 3.8) is 0 Å². The summed E-state index contributed by atoms with van der Waals surface area (Å²) in [5, 5.41) is 3.42. The number of carbonyl (C=O) groups excluding carboxylic acids is 1. The lowest BCUT2D eigenvalue weighted by Crippen LogP contribution is -2.22. The largest absolute Gasteiger partial charge is 0.483 e. The van der Waals surface area contributed by atoms with Crippen molar-refractivity contribution in [1.82, 2.24) is 0 Å². The average Bonchev–Trinajstić information content (AvgIpc) is 2.46. The second-order valence-electron chi connectivity index (χ2n) is 5.61. The molecule has 0 aliphatic carbocycles. The molecule has 0 atom stereocenters. The predicted molar refractivity (Wildman–Crippen MR) is 95.8 cm³/mol. The number of carbonyl (C=O) groups is 1. The van der Waals surface area contributed by atoms with Gasteiger partial charge in [0.15, 0.2) is 6.61 Å². The number of benzene rings is 2. The van der Waals surface area contributed by atoms with Crippen molar-refractivity contribution in [2.45, 2.75) is 13.8 Å². The van der Waals surface area contributed by atoms with Gasteiger partial charge in [0.05, 0.1) is 11.4 Å². The Hall–Kier alpha value is -2.20. The first-order valence-electron chi connectivity index (χ1n) is 7.34. The number of ether oxygens (including phenoxy) is 1. The predicted octanol–water partition coefficient (Wildman–Crippen LogP) is 4.04. The summed E-state index contributed by atoms with van der Waals surface area (Å²) in [6.07, 6.45) is 0. The first-order chi connectivity index (χ1) is 10.9. The molecule has 1 N–H and O–H groups in total. The van der Waals surface area contributed by atoms with E-state index in [0.29, 0.717) is 10.7 Å². The summed E-state index contributed by atoms with van der Waals surface area (Å²) in [6, 6.07) is 11.3. The molecular weight excluding hydrogens is 312 g/mol. The van der Waals surface area contributed by atoms with Crippen molar-refractivity contribution in [3.8, 4) is 5.75 Å². The SMILES string of the molecule is Cc1cccc(C)c1OCC(=O)Nc1cc(Cl)ccc1N(C)C. The van der Waals surface area contributed by atoms with Gasteiger partial charge >= 0.3 is 0 Å². The number of rotatable bonds is 5. The molecule has 2 aromatic carbocycles. The first kappa shape index (κ1) is 17.2. The van der Waals surface area contributed by atoms with Crippen LogP contribution in [0.15, 0.2) is 36.4 Å². The van der Waals surface area contributed by atoms with Gasteiger partial charge in [0.2, 0.25) is 0 Å². The summed E-state index contributed by atoms with van der Waals surface area (Å²) in [5.74, 6) is 0.527. The number of hydrogen-bond donors (Lipinski definition) is 1. The summed E-state index contributed by atoms with van der Waals surface area (Å²) in [5.41, 5.74) is 3.57. The van der Waals surface area contributed by atoms with E-state index < -0.39 is 0 Å². The lowest BCUT2D eigenvalue weighted by atomic mass is 10.1. The van der Waals surface area contributed by atoms with Gasteiger partial charge in [-0.3, -0.25) is 4.79 Å². The number of nitrogens with zero attached hydrogens (tertiary/aromatic N) is 1. The van der Waals surface area contributed by atoms with E-state index in [0.717, 1.165) is 22.6 Å². The lowest BCUT2D eigenvalue weighted by Gasteiger charge is -2.18. The first-order valence-corrected chi connectivity index (χ1v) is 7.72. The van der Waals surface area contributed by atoms with Gasteiger partial charge < -0.3 is 15.0 Å².